The van der Waals surface area contributed by atoms with Crippen molar-refractivity contribution in [2.45, 2.75) is 18.9 Å². The Morgan fingerprint density at radius 2 is 2.57 bits per heavy atom. The van der Waals surface area contributed by atoms with Crippen molar-refractivity contribution in [3.05, 3.63) is 22.7 Å². The van der Waals surface area contributed by atoms with Gasteiger partial charge in [0.1, 0.15) is 0 Å². The van der Waals surface area contributed by atoms with Crippen molar-refractivity contribution in [1.82, 2.24) is 9.97 Å². The highest BCUT2D eigenvalue weighted by Gasteiger charge is 2.30. The highest BCUT2D eigenvalue weighted by molar-refractivity contribution is 5.34. The van der Waals surface area contributed by atoms with Gasteiger partial charge in [-0.25, -0.2) is 4.98 Å². The Labute approximate surface area is 81.5 Å². The van der Waals surface area contributed by atoms with E-state index < -0.39 is 0 Å². The molecule has 0 bridgehead atoms. The molecule has 0 aliphatic carbocycles. The zero-order chi connectivity index (χ0) is 10.0. The van der Waals surface area contributed by atoms with Crippen LogP contribution in [0.15, 0.2) is 17.2 Å². The van der Waals surface area contributed by atoms with Crippen molar-refractivity contribution >= 4 is 5.82 Å². The summed E-state index contributed by atoms with van der Waals surface area (Å²) < 4.78 is 5.27. The summed E-state index contributed by atoms with van der Waals surface area (Å²) in [5.74, 6) is 0.362. The predicted molar refractivity (Wildman–Crippen MR) is 52.3 cm³/mol. The Morgan fingerprint density at radius 3 is 3.21 bits per heavy atom. The molecule has 0 saturated carbocycles. The van der Waals surface area contributed by atoms with Crippen molar-refractivity contribution in [3.63, 3.8) is 0 Å². The molecule has 1 saturated heterocycles. The average molecular weight is 195 g/mol. The minimum Gasteiger partial charge on any atom is -0.379 e. The van der Waals surface area contributed by atoms with Gasteiger partial charge in [-0.3, -0.25) is 4.79 Å². The van der Waals surface area contributed by atoms with E-state index in [0.717, 1.165) is 13.0 Å². The number of nitrogens with zero attached hydrogens (tertiary/aromatic N) is 1. The molecular weight excluding hydrogens is 182 g/mol. The normalized spacial score (nSPS) is 26.4. The molecule has 14 heavy (non-hydrogen) atoms. The third kappa shape index (κ3) is 1.77. The van der Waals surface area contributed by atoms with E-state index in [1.807, 2.05) is 6.92 Å². The van der Waals surface area contributed by atoms with Gasteiger partial charge in [-0.15, -0.1) is 0 Å². The highest BCUT2D eigenvalue weighted by atomic mass is 16.5. The summed E-state index contributed by atoms with van der Waals surface area (Å²) in [6.45, 7) is 3.37. The van der Waals surface area contributed by atoms with Crippen LogP contribution in [0.3, 0.4) is 0 Å². The summed E-state index contributed by atoms with van der Waals surface area (Å²) in [5.41, 5.74) is -0.359. The maximum Gasteiger partial charge on any atom is 0.290 e. The van der Waals surface area contributed by atoms with E-state index in [2.05, 4.69) is 15.3 Å². The van der Waals surface area contributed by atoms with E-state index in [0.29, 0.717) is 12.4 Å². The van der Waals surface area contributed by atoms with E-state index in [-0.39, 0.29) is 11.1 Å². The van der Waals surface area contributed by atoms with Crippen molar-refractivity contribution < 1.29 is 4.74 Å². The fourth-order valence-corrected chi connectivity index (χ4v) is 1.49. The molecule has 0 spiro atoms. The van der Waals surface area contributed by atoms with Gasteiger partial charge in [0.15, 0.2) is 5.82 Å². The van der Waals surface area contributed by atoms with Gasteiger partial charge in [-0.2, -0.15) is 0 Å². The van der Waals surface area contributed by atoms with Gasteiger partial charge in [0.25, 0.3) is 5.56 Å². The minimum atomic E-state index is -0.194. The number of aromatic nitrogens is 2. The molecule has 5 nitrogen and oxygen atoms in total. The van der Waals surface area contributed by atoms with Crippen LogP contribution < -0.4 is 10.9 Å². The van der Waals surface area contributed by atoms with E-state index >= 15 is 0 Å². The first-order valence-electron chi connectivity index (χ1n) is 4.59. The second-order valence-electron chi connectivity index (χ2n) is 3.76. The lowest BCUT2D eigenvalue weighted by Gasteiger charge is -2.23. The summed E-state index contributed by atoms with van der Waals surface area (Å²) in [5, 5.41) is 3.11. The molecule has 2 N–H and O–H groups in total. The Kier molecular flexibility index (Phi) is 2.25. The first kappa shape index (κ1) is 9.21. The van der Waals surface area contributed by atoms with Crippen molar-refractivity contribution in [3.8, 4) is 0 Å². The van der Waals surface area contributed by atoms with Gasteiger partial charge in [0.2, 0.25) is 0 Å². The smallest absolute Gasteiger partial charge is 0.290 e. The fourth-order valence-electron chi connectivity index (χ4n) is 1.49. The quantitative estimate of drug-likeness (QED) is 0.715. The zero-order valence-corrected chi connectivity index (χ0v) is 8.04. The third-order valence-electron chi connectivity index (χ3n) is 2.35. The van der Waals surface area contributed by atoms with Gasteiger partial charge >= 0.3 is 0 Å². The fraction of sp³-hybridized carbons (Fsp3) is 0.556. The largest absolute Gasteiger partial charge is 0.379 e. The first-order chi connectivity index (χ1) is 6.70. The van der Waals surface area contributed by atoms with Crippen LogP contribution in [0.2, 0.25) is 0 Å². The molecule has 0 aromatic carbocycles. The van der Waals surface area contributed by atoms with Gasteiger partial charge in [0.05, 0.1) is 12.1 Å². The molecule has 1 aromatic heterocycles. The van der Waals surface area contributed by atoms with Crippen LogP contribution in [0.25, 0.3) is 0 Å². The van der Waals surface area contributed by atoms with Crippen LogP contribution in [-0.2, 0) is 4.74 Å². The van der Waals surface area contributed by atoms with Crippen LogP contribution in [0.4, 0.5) is 5.82 Å². The molecule has 1 aromatic rings. The maximum atomic E-state index is 11.3. The summed E-state index contributed by atoms with van der Waals surface area (Å²) in [4.78, 5) is 17.9. The number of hydrogen-bond donors (Lipinski definition) is 2. The van der Waals surface area contributed by atoms with Crippen LogP contribution >= 0.6 is 0 Å². The number of rotatable bonds is 2. The van der Waals surface area contributed by atoms with Crippen molar-refractivity contribution in [1.29, 1.82) is 0 Å². The number of aromatic amines is 1. The molecular formula is C9H13N3O2. The monoisotopic (exact) mass is 195 g/mol. The Hall–Kier alpha value is -1.36. The molecule has 1 aliphatic heterocycles. The molecule has 0 radical (unpaired) electrons. The molecule has 1 aliphatic rings. The molecule has 1 unspecified atom stereocenters. The Balaban J connectivity index is 2.18. The summed E-state index contributed by atoms with van der Waals surface area (Å²) in [6, 6.07) is 0. The third-order valence-corrected chi connectivity index (χ3v) is 2.35. The highest BCUT2D eigenvalue weighted by Crippen LogP contribution is 2.20. The predicted octanol–water partition coefficient (Wildman–Crippen LogP) is 0.361. The van der Waals surface area contributed by atoms with E-state index in [9.17, 15) is 4.79 Å². The van der Waals surface area contributed by atoms with Crippen LogP contribution in [0.1, 0.15) is 13.3 Å². The number of hydrogen-bond acceptors (Lipinski definition) is 4. The number of H-pyrrole nitrogens is 1. The van der Waals surface area contributed by atoms with Gasteiger partial charge < -0.3 is 15.0 Å². The minimum absolute atomic E-state index is 0.165. The molecule has 76 valence electrons. The molecule has 1 atom stereocenters. The second kappa shape index (κ2) is 3.42. The van der Waals surface area contributed by atoms with E-state index in [1.54, 1.807) is 6.20 Å². The molecule has 1 fully saturated rings. The number of ether oxygens (including phenoxy) is 1. The van der Waals surface area contributed by atoms with Crippen LogP contribution in [-0.4, -0.2) is 28.7 Å². The maximum absolute atomic E-state index is 11.3. The molecule has 2 rings (SSSR count). The zero-order valence-electron chi connectivity index (χ0n) is 8.04. The van der Waals surface area contributed by atoms with E-state index in [4.69, 9.17) is 4.74 Å². The average Bonchev–Trinajstić information content (AvgIpc) is 2.57. The molecule has 5 heteroatoms. The SMILES string of the molecule is CC1(Nc2ncc[nH]c2=O)CCOC1. The lowest BCUT2D eigenvalue weighted by molar-refractivity contribution is 0.185. The van der Waals surface area contributed by atoms with E-state index in [1.165, 1.54) is 6.20 Å². The van der Waals surface area contributed by atoms with Crippen molar-refractivity contribution in [2.75, 3.05) is 18.5 Å². The summed E-state index contributed by atoms with van der Waals surface area (Å²) in [6.07, 6.45) is 3.97. The van der Waals surface area contributed by atoms with Crippen molar-refractivity contribution in [2.24, 2.45) is 0 Å². The Morgan fingerprint density at radius 1 is 1.71 bits per heavy atom. The summed E-state index contributed by atoms with van der Waals surface area (Å²) in [7, 11) is 0. The number of nitrogens with one attached hydrogen (secondary N) is 2. The topological polar surface area (TPSA) is 67.0 Å². The second-order valence-corrected chi connectivity index (χ2v) is 3.76. The van der Waals surface area contributed by atoms with Gasteiger partial charge in [-0.05, 0) is 13.3 Å². The van der Waals surface area contributed by atoms with Gasteiger partial charge in [-0.1, -0.05) is 0 Å². The van der Waals surface area contributed by atoms with Crippen LogP contribution in [0.5, 0.6) is 0 Å². The number of anilines is 1. The lowest BCUT2D eigenvalue weighted by atomic mass is 10.0. The first-order valence-corrected chi connectivity index (χ1v) is 4.59. The van der Waals surface area contributed by atoms with Gasteiger partial charge in [0, 0.05) is 19.0 Å². The Bertz CT molecular complexity index is 368. The summed E-state index contributed by atoms with van der Waals surface area (Å²) >= 11 is 0. The lowest BCUT2D eigenvalue weighted by Crippen LogP contribution is -2.37. The van der Waals surface area contributed by atoms with Crippen LogP contribution in [0, 0.1) is 0 Å². The standard InChI is InChI=1S/C9H13N3O2/c1-9(2-5-14-6-9)12-7-8(13)11-4-3-10-7/h3-4H,2,5-6H2,1H3,(H,10,12)(H,11,13). The molecule has 2 heterocycles. The molecule has 0 amide bonds.